The first-order valence-corrected chi connectivity index (χ1v) is 9.87. The number of nitrogens with zero attached hydrogens (tertiary/aromatic N) is 1. The predicted molar refractivity (Wildman–Crippen MR) is 111 cm³/mol. The number of benzene rings is 1. The van der Waals surface area contributed by atoms with Gasteiger partial charge in [-0.3, -0.25) is 9.69 Å². The maximum Gasteiger partial charge on any atom is 0.338 e. The highest BCUT2D eigenvalue weighted by Crippen LogP contribution is 2.32. The van der Waals surface area contributed by atoms with Crippen LogP contribution in [0.3, 0.4) is 0 Å². The number of hydrogen-bond acceptors (Lipinski definition) is 5. The van der Waals surface area contributed by atoms with Crippen molar-refractivity contribution in [2.24, 2.45) is 0 Å². The van der Waals surface area contributed by atoms with Crippen molar-refractivity contribution in [3.63, 3.8) is 0 Å². The number of esters is 1. The lowest BCUT2D eigenvalue weighted by Crippen LogP contribution is -2.48. The zero-order valence-electron chi connectivity index (χ0n) is 17.2. The van der Waals surface area contributed by atoms with Gasteiger partial charge >= 0.3 is 12.0 Å². The van der Waals surface area contributed by atoms with E-state index in [1.165, 1.54) is 6.26 Å². The molecule has 8 nitrogen and oxygen atoms in total. The summed E-state index contributed by atoms with van der Waals surface area (Å²) in [4.78, 5) is 39.2. The van der Waals surface area contributed by atoms with Gasteiger partial charge in [0.1, 0.15) is 0 Å². The number of anilines is 1. The van der Waals surface area contributed by atoms with E-state index >= 15 is 0 Å². The molecule has 1 unspecified atom stereocenters. The zero-order valence-corrected chi connectivity index (χ0v) is 17.2. The van der Waals surface area contributed by atoms with Crippen LogP contribution >= 0.6 is 0 Å². The van der Waals surface area contributed by atoms with Gasteiger partial charge in [0.2, 0.25) is 0 Å². The van der Waals surface area contributed by atoms with Crippen LogP contribution in [0.15, 0.2) is 58.3 Å². The van der Waals surface area contributed by atoms with E-state index in [-0.39, 0.29) is 18.4 Å². The maximum absolute atomic E-state index is 12.7. The van der Waals surface area contributed by atoms with Crippen molar-refractivity contribution in [2.45, 2.75) is 33.2 Å². The molecule has 2 heterocycles. The van der Waals surface area contributed by atoms with Gasteiger partial charge in [-0.2, -0.15) is 0 Å². The Morgan fingerprint density at radius 3 is 2.70 bits per heavy atom. The van der Waals surface area contributed by atoms with Gasteiger partial charge in [0.05, 0.1) is 24.5 Å². The molecule has 158 valence electrons. The Labute approximate surface area is 174 Å². The summed E-state index contributed by atoms with van der Waals surface area (Å²) in [6.45, 7) is 6.16. The average Bonchev–Trinajstić information content (AvgIpc) is 3.26. The molecule has 1 aliphatic rings. The second-order valence-electron chi connectivity index (χ2n) is 6.81. The van der Waals surface area contributed by atoms with Crippen LogP contribution in [-0.2, 0) is 9.53 Å². The monoisotopic (exact) mass is 411 g/mol. The van der Waals surface area contributed by atoms with Crippen molar-refractivity contribution in [2.75, 3.05) is 18.5 Å². The molecule has 2 aromatic rings. The summed E-state index contributed by atoms with van der Waals surface area (Å²) in [6, 6.07) is 9.19. The number of carbonyl (C=O) groups is 3. The van der Waals surface area contributed by atoms with E-state index in [9.17, 15) is 14.4 Å². The number of rotatable bonds is 7. The second kappa shape index (κ2) is 9.30. The number of ether oxygens (including phenoxy) is 1. The number of nitrogens with one attached hydrogen (secondary N) is 2. The smallest absolute Gasteiger partial charge is 0.338 e. The molecule has 0 saturated carbocycles. The molecule has 0 aliphatic carbocycles. The third-order valence-electron chi connectivity index (χ3n) is 4.76. The van der Waals surface area contributed by atoms with Gasteiger partial charge in [-0.1, -0.05) is 19.1 Å². The van der Waals surface area contributed by atoms with E-state index in [1.54, 1.807) is 55.1 Å². The van der Waals surface area contributed by atoms with Gasteiger partial charge < -0.3 is 19.8 Å². The Kier molecular flexibility index (Phi) is 6.56. The average molecular weight is 411 g/mol. The predicted octanol–water partition coefficient (Wildman–Crippen LogP) is 3.85. The minimum Gasteiger partial charge on any atom is -0.463 e. The molecule has 0 radical (unpaired) electrons. The Balaban J connectivity index is 1.95. The number of amides is 3. The molecule has 3 rings (SSSR count). The van der Waals surface area contributed by atoms with E-state index in [0.29, 0.717) is 29.1 Å². The minimum atomic E-state index is -0.690. The van der Waals surface area contributed by atoms with Crippen LogP contribution < -0.4 is 10.6 Å². The summed E-state index contributed by atoms with van der Waals surface area (Å²) in [6.07, 6.45) is 2.17. The lowest BCUT2D eigenvalue weighted by atomic mass is 9.94. The van der Waals surface area contributed by atoms with Crippen molar-refractivity contribution in [3.05, 3.63) is 65.3 Å². The maximum atomic E-state index is 12.7. The molecule has 0 bridgehead atoms. The number of carbonyl (C=O) groups excluding carboxylic acids is 3. The van der Waals surface area contributed by atoms with Crippen LogP contribution in [0.4, 0.5) is 10.5 Å². The molecule has 0 saturated heterocycles. The highest BCUT2D eigenvalue weighted by atomic mass is 16.5. The first-order chi connectivity index (χ1) is 14.5. The summed E-state index contributed by atoms with van der Waals surface area (Å²) in [5.41, 5.74) is 2.10. The molecular formula is C22H25N3O5. The molecule has 2 N–H and O–H groups in total. The zero-order chi connectivity index (χ0) is 21.7. The van der Waals surface area contributed by atoms with Gasteiger partial charge in [0.15, 0.2) is 5.76 Å². The number of furan rings is 1. The van der Waals surface area contributed by atoms with Gasteiger partial charge in [-0.05, 0) is 50.1 Å². The second-order valence-corrected chi connectivity index (χ2v) is 6.81. The van der Waals surface area contributed by atoms with Gasteiger partial charge in [-0.25, -0.2) is 9.59 Å². The van der Waals surface area contributed by atoms with Crippen molar-refractivity contribution >= 4 is 23.6 Å². The van der Waals surface area contributed by atoms with E-state index in [2.05, 4.69) is 10.6 Å². The third-order valence-corrected chi connectivity index (χ3v) is 4.76. The van der Waals surface area contributed by atoms with Crippen LogP contribution in [-0.4, -0.2) is 36.0 Å². The van der Waals surface area contributed by atoms with Gasteiger partial charge in [0, 0.05) is 17.9 Å². The summed E-state index contributed by atoms with van der Waals surface area (Å²) >= 11 is 0. The van der Waals surface area contributed by atoms with Crippen LogP contribution in [0.25, 0.3) is 0 Å². The molecule has 1 aromatic heterocycles. The molecule has 1 atom stereocenters. The molecule has 0 fully saturated rings. The quantitative estimate of drug-likeness (QED) is 0.674. The number of allylic oxidation sites excluding steroid dienone is 1. The molecule has 30 heavy (non-hydrogen) atoms. The summed E-state index contributed by atoms with van der Waals surface area (Å²) < 4.78 is 10.4. The third kappa shape index (κ3) is 4.37. The van der Waals surface area contributed by atoms with Crippen LogP contribution in [0.1, 0.15) is 49.4 Å². The molecule has 3 amide bonds. The van der Waals surface area contributed by atoms with E-state index in [0.717, 1.165) is 6.42 Å². The Morgan fingerprint density at radius 2 is 2.03 bits per heavy atom. The van der Waals surface area contributed by atoms with Gasteiger partial charge in [0.25, 0.3) is 5.91 Å². The van der Waals surface area contributed by atoms with Crippen LogP contribution in [0.5, 0.6) is 0 Å². The van der Waals surface area contributed by atoms with E-state index < -0.39 is 17.9 Å². The standard InChI is InChI=1S/C22H25N3O5/c1-4-11-25-14(3)18(21(27)29-5-2)19(24-22(25)28)15-8-6-9-16(13-15)23-20(26)17-10-7-12-30-17/h6-10,12-13,19H,4-5,11H2,1-3H3,(H,23,26)(H,24,28). The fourth-order valence-electron chi connectivity index (χ4n) is 3.39. The Hall–Kier alpha value is -3.55. The van der Waals surface area contributed by atoms with E-state index in [4.69, 9.17) is 9.15 Å². The van der Waals surface area contributed by atoms with Crippen LogP contribution in [0.2, 0.25) is 0 Å². The molecular weight excluding hydrogens is 386 g/mol. The number of urea groups is 1. The summed E-state index contributed by atoms with van der Waals surface area (Å²) in [5.74, 6) is -0.688. The molecule has 8 heteroatoms. The lowest BCUT2D eigenvalue weighted by molar-refractivity contribution is -0.139. The first-order valence-electron chi connectivity index (χ1n) is 9.87. The fraction of sp³-hybridized carbons (Fsp3) is 0.318. The largest absolute Gasteiger partial charge is 0.463 e. The van der Waals surface area contributed by atoms with E-state index in [1.807, 2.05) is 6.92 Å². The summed E-state index contributed by atoms with van der Waals surface area (Å²) in [5, 5.41) is 5.65. The number of hydrogen-bond donors (Lipinski definition) is 2. The Bertz CT molecular complexity index is 965. The SMILES string of the molecule is CCCN1C(=O)NC(c2cccc(NC(=O)c3ccco3)c2)C(C(=O)OCC)=C1C. The highest BCUT2D eigenvalue weighted by molar-refractivity contribution is 6.02. The van der Waals surface area contributed by atoms with Crippen LogP contribution in [0, 0.1) is 0 Å². The lowest BCUT2D eigenvalue weighted by Gasteiger charge is -2.35. The summed E-state index contributed by atoms with van der Waals surface area (Å²) in [7, 11) is 0. The minimum absolute atomic E-state index is 0.185. The van der Waals surface area contributed by atoms with Gasteiger partial charge in [-0.15, -0.1) is 0 Å². The highest BCUT2D eigenvalue weighted by Gasteiger charge is 2.36. The van der Waals surface area contributed by atoms with Crippen molar-refractivity contribution in [1.82, 2.24) is 10.2 Å². The molecule has 1 aromatic carbocycles. The van der Waals surface area contributed by atoms with Crippen molar-refractivity contribution in [3.8, 4) is 0 Å². The van der Waals surface area contributed by atoms with Crippen molar-refractivity contribution < 1.29 is 23.5 Å². The topological polar surface area (TPSA) is 101 Å². The molecule has 0 spiro atoms. The van der Waals surface area contributed by atoms with Crippen molar-refractivity contribution in [1.29, 1.82) is 0 Å². The molecule has 1 aliphatic heterocycles. The first kappa shape index (κ1) is 21.2. The Morgan fingerprint density at radius 1 is 1.23 bits per heavy atom. The fourth-order valence-corrected chi connectivity index (χ4v) is 3.39. The normalized spacial score (nSPS) is 16.3.